The van der Waals surface area contributed by atoms with Crippen LogP contribution in [-0.2, 0) is 6.54 Å². The smallest absolute Gasteiger partial charge is 0.167 e. The first-order valence-electron chi connectivity index (χ1n) is 6.79. The van der Waals surface area contributed by atoms with E-state index in [-0.39, 0.29) is 0 Å². The Balaban J connectivity index is 2.07. The lowest BCUT2D eigenvalue weighted by atomic mass is 10.1. The van der Waals surface area contributed by atoms with E-state index < -0.39 is 0 Å². The highest BCUT2D eigenvalue weighted by Gasteiger charge is 2.07. The van der Waals surface area contributed by atoms with Crippen molar-refractivity contribution in [3.8, 4) is 11.3 Å². The molecular formula is C16H22N2O. The quantitative estimate of drug-likeness (QED) is 0.888. The summed E-state index contributed by atoms with van der Waals surface area (Å²) < 4.78 is 5.43. The molecular weight excluding hydrogens is 236 g/mol. The minimum Gasteiger partial charge on any atom is -0.356 e. The summed E-state index contributed by atoms with van der Waals surface area (Å²) in [5.74, 6) is 1.49. The molecule has 0 spiro atoms. The number of nitrogens with zero attached hydrogens (tertiary/aromatic N) is 1. The van der Waals surface area contributed by atoms with Crippen molar-refractivity contribution in [2.45, 2.75) is 34.2 Å². The lowest BCUT2D eigenvalue weighted by Gasteiger charge is -2.04. The second kappa shape index (κ2) is 6.02. The van der Waals surface area contributed by atoms with E-state index in [0.717, 1.165) is 30.1 Å². The maximum Gasteiger partial charge on any atom is 0.167 e. The van der Waals surface area contributed by atoms with Gasteiger partial charge in [-0.25, -0.2) is 0 Å². The molecule has 1 aromatic heterocycles. The first-order chi connectivity index (χ1) is 9.04. The highest BCUT2D eigenvalue weighted by molar-refractivity contribution is 5.59. The molecule has 0 aliphatic heterocycles. The van der Waals surface area contributed by atoms with E-state index in [1.165, 1.54) is 11.1 Å². The fraction of sp³-hybridized carbons (Fsp3) is 0.438. The number of aromatic nitrogens is 1. The molecule has 0 saturated heterocycles. The third-order valence-electron chi connectivity index (χ3n) is 2.92. The number of aryl methyl sites for hydroxylation is 2. The molecule has 0 radical (unpaired) electrons. The maximum absolute atomic E-state index is 5.43. The van der Waals surface area contributed by atoms with E-state index in [4.69, 9.17) is 4.52 Å². The maximum atomic E-state index is 5.43. The van der Waals surface area contributed by atoms with Crippen LogP contribution in [0.15, 0.2) is 28.8 Å². The van der Waals surface area contributed by atoms with Crippen LogP contribution in [0.5, 0.6) is 0 Å². The molecule has 0 fully saturated rings. The van der Waals surface area contributed by atoms with Crippen molar-refractivity contribution in [1.82, 2.24) is 10.5 Å². The SMILES string of the molecule is Cc1cc(C)cc(-c2cc(CNCC(C)C)no2)c1. The van der Waals surface area contributed by atoms with Crippen LogP contribution in [0.25, 0.3) is 11.3 Å². The van der Waals surface area contributed by atoms with Crippen LogP contribution < -0.4 is 5.32 Å². The van der Waals surface area contributed by atoms with Gasteiger partial charge in [-0.3, -0.25) is 0 Å². The van der Waals surface area contributed by atoms with Gasteiger partial charge in [0.25, 0.3) is 0 Å². The largest absolute Gasteiger partial charge is 0.356 e. The molecule has 3 nitrogen and oxygen atoms in total. The topological polar surface area (TPSA) is 38.1 Å². The molecule has 0 saturated carbocycles. The van der Waals surface area contributed by atoms with Crippen LogP contribution in [-0.4, -0.2) is 11.7 Å². The molecule has 1 aromatic carbocycles. The van der Waals surface area contributed by atoms with Gasteiger partial charge in [0.2, 0.25) is 0 Å². The Morgan fingerprint density at radius 1 is 1.11 bits per heavy atom. The summed E-state index contributed by atoms with van der Waals surface area (Å²) in [5, 5.41) is 7.48. The molecule has 3 heteroatoms. The molecule has 2 rings (SSSR count). The monoisotopic (exact) mass is 258 g/mol. The number of benzene rings is 1. The number of nitrogens with one attached hydrogen (secondary N) is 1. The summed E-state index contributed by atoms with van der Waals surface area (Å²) in [5.41, 5.74) is 4.53. The van der Waals surface area contributed by atoms with Crippen LogP contribution in [0.4, 0.5) is 0 Å². The Labute approximate surface area is 115 Å². The van der Waals surface area contributed by atoms with Gasteiger partial charge in [-0.1, -0.05) is 36.2 Å². The van der Waals surface area contributed by atoms with Gasteiger partial charge in [0.05, 0.1) is 5.69 Å². The zero-order valence-corrected chi connectivity index (χ0v) is 12.2. The van der Waals surface area contributed by atoms with Gasteiger partial charge >= 0.3 is 0 Å². The molecule has 0 aliphatic rings. The van der Waals surface area contributed by atoms with E-state index in [2.05, 4.69) is 56.4 Å². The standard InChI is InChI=1S/C16H22N2O/c1-11(2)9-17-10-15-8-16(19-18-15)14-6-12(3)5-13(4)7-14/h5-8,11,17H,9-10H2,1-4H3. The Hall–Kier alpha value is -1.61. The Kier molecular flexibility index (Phi) is 4.38. The molecule has 0 atom stereocenters. The van der Waals surface area contributed by atoms with Crippen molar-refractivity contribution >= 4 is 0 Å². The van der Waals surface area contributed by atoms with Gasteiger partial charge in [0, 0.05) is 18.2 Å². The van der Waals surface area contributed by atoms with Gasteiger partial charge in [0.15, 0.2) is 5.76 Å². The first-order valence-corrected chi connectivity index (χ1v) is 6.79. The fourth-order valence-electron chi connectivity index (χ4n) is 2.14. The summed E-state index contributed by atoms with van der Waals surface area (Å²) in [7, 11) is 0. The molecule has 1 heterocycles. The minimum absolute atomic E-state index is 0.644. The van der Waals surface area contributed by atoms with E-state index in [0.29, 0.717) is 5.92 Å². The van der Waals surface area contributed by atoms with Gasteiger partial charge < -0.3 is 9.84 Å². The predicted octanol–water partition coefficient (Wildman–Crippen LogP) is 3.70. The summed E-state index contributed by atoms with van der Waals surface area (Å²) in [6.45, 7) is 10.3. The van der Waals surface area contributed by atoms with Crippen LogP contribution >= 0.6 is 0 Å². The molecule has 0 unspecified atom stereocenters. The van der Waals surface area contributed by atoms with Crippen LogP contribution in [0.2, 0.25) is 0 Å². The van der Waals surface area contributed by atoms with Gasteiger partial charge in [-0.15, -0.1) is 0 Å². The van der Waals surface area contributed by atoms with Gasteiger partial charge in [-0.2, -0.15) is 0 Å². The number of rotatable bonds is 5. The summed E-state index contributed by atoms with van der Waals surface area (Å²) in [6, 6.07) is 8.42. The highest BCUT2D eigenvalue weighted by Crippen LogP contribution is 2.23. The number of hydrogen-bond acceptors (Lipinski definition) is 3. The van der Waals surface area contributed by atoms with Gasteiger partial charge in [0.1, 0.15) is 0 Å². The van der Waals surface area contributed by atoms with E-state index in [1.807, 2.05) is 6.07 Å². The van der Waals surface area contributed by atoms with Crippen molar-refractivity contribution < 1.29 is 4.52 Å². The van der Waals surface area contributed by atoms with E-state index in [1.54, 1.807) is 0 Å². The zero-order chi connectivity index (χ0) is 13.8. The molecule has 0 aliphatic carbocycles. The summed E-state index contributed by atoms with van der Waals surface area (Å²) in [6.07, 6.45) is 0. The van der Waals surface area contributed by atoms with Crippen molar-refractivity contribution in [3.63, 3.8) is 0 Å². The Morgan fingerprint density at radius 2 is 1.79 bits per heavy atom. The molecule has 0 bridgehead atoms. The average Bonchev–Trinajstić information content (AvgIpc) is 2.76. The molecule has 0 amide bonds. The van der Waals surface area contributed by atoms with Crippen molar-refractivity contribution in [2.75, 3.05) is 6.54 Å². The second-order valence-corrected chi connectivity index (χ2v) is 5.58. The van der Waals surface area contributed by atoms with Crippen LogP contribution in [0.3, 0.4) is 0 Å². The normalized spacial score (nSPS) is 11.2. The third-order valence-corrected chi connectivity index (χ3v) is 2.92. The fourth-order valence-corrected chi connectivity index (χ4v) is 2.14. The minimum atomic E-state index is 0.644. The van der Waals surface area contributed by atoms with Gasteiger partial charge in [-0.05, 0) is 38.4 Å². The van der Waals surface area contributed by atoms with Crippen LogP contribution in [0, 0.1) is 19.8 Å². The van der Waals surface area contributed by atoms with E-state index in [9.17, 15) is 0 Å². The molecule has 2 aromatic rings. The van der Waals surface area contributed by atoms with E-state index >= 15 is 0 Å². The lowest BCUT2D eigenvalue weighted by Crippen LogP contribution is -2.18. The van der Waals surface area contributed by atoms with Crippen molar-refractivity contribution in [1.29, 1.82) is 0 Å². The van der Waals surface area contributed by atoms with Crippen molar-refractivity contribution in [2.24, 2.45) is 5.92 Å². The summed E-state index contributed by atoms with van der Waals surface area (Å²) in [4.78, 5) is 0. The second-order valence-electron chi connectivity index (χ2n) is 5.58. The van der Waals surface area contributed by atoms with Crippen LogP contribution in [0.1, 0.15) is 30.7 Å². The predicted molar refractivity (Wildman–Crippen MR) is 78.0 cm³/mol. The Morgan fingerprint density at radius 3 is 2.42 bits per heavy atom. The molecule has 19 heavy (non-hydrogen) atoms. The highest BCUT2D eigenvalue weighted by atomic mass is 16.5. The number of hydrogen-bond donors (Lipinski definition) is 1. The van der Waals surface area contributed by atoms with Crippen molar-refractivity contribution in [3.05, 3.63) is 41.1 Å². The molecule has 102 valence electrons. The Bertz CT molecular complexity index is 523. The zero-order valence-electron chi connectivity index (χ0n) is 12.2. The lowest BCUT2D eigenvalue weighted by molar-refractivity contribution is 0.418. The summed E-state index contributed by atoms with van der Waals surface area (Å²) >= 11 is 0. The average molecular weight is 258 g/mol. The molecule has 1 N–H and O–H groups in total. The first kappa shape index (κ1) is 13.8. The third kappa shape index (κ3) is 3.93.